The Kier molecular flexibility index (Phi) is 14.3. The SMILES string of the molecule is C.CC1(C)CC[C@]2(C(=O)O)CC[C@]3(C)C(=CCC4[C@@]5(C)Cc6c(N)n[nH]c6C(C)(C)C5CC[C@]43C)C2C1.CC1(C)CC[C@]2(C(=O)OCc3ccccc3)CC[C@]3(C)C(=CCC4[C@@]5(C)Cc6c(N)n[nH]c6C(C)(C)C5CC[C@]43C)C2C1.I. The summed E-state index contributed by atoms with van der Waals surface area (Å²) in [6, 6.07) is 10.2. The van der Waals surface area contributed by atoms with E-state index in [4.69, 9.17) is 16.2 Å². The summed E-state index contributed by atoms with van der Waals surface area (Å²) in [7, 11) is 0. The second-order valence-corrected chi connectivity index (χ2v) is 32.8. The molecule has 2 heterocycles. The molecule has 6 unspecified atom stereocenters. The maximum absolute atomic E-state index is 14.2. The molecule has 14 atom stereocenters. The maximum Gasteiger partial charge on any atom is 0.313 e. The molecule has 0 saturated heterocycles. The van der Waals surface area contributed by atoms with Crippen molar-refractivity contribution in [2.75, 3.05) is 11.5 Å². The van der Waals surface area contributed by atoms with Crippen LogP contribution in [0, 0.1) is 89.7 Å². The van der Waals surface area contributed by atoms with Crippen LogP contribution >= 0.6 is 24.0 Å². The van der Waals surface area contributed by atoms with Gasteiger partial charge in [0.2, 0.25) is 0 Å². The molecule has 10 aliphatic rings. The highest BCUT2D eigenvalue weighted by Gasteiger charge is 2.72. The van der Waals surface area contributed by atoms with Crippen molar-refractivity contribution in [2.45, 2.75) is 237 Å². The number of halogens is 1. The first-order valence-corrected chi connectivity index (χ1v) is 31.3. The van der Waals surface area contributed by atoms with Gasteiger partial charge in [0.1, 0.15) is 18.2 Å². The smallest absolute Gasteiger partial charge is 0.313 e. The fourth-order valence-electron chi connectivity index (χ4n) is 23.0. The lowest BCUT2D eigenvalue weighted by atomic mass is 9.33. The number of carboxylic acids is 1. The number of benzene rings is 1. The summed E-state index contributed by atoms with van der Waals surface area (Å²) < 4.78 is 6.20. The standard InChI is InChI=1S/C38H53N3O2.C31H47N3O2.CH4.HI/c1-33(2)17-19-38(32(42)43-23-24-11-9-8-10-12-24)20-18-36(6)26(27(38)22-33)13-14-29-35(5)21-25-30(40-41-31(25)39)34(3,4)28(35)15-16-37(29,36)7;1-26(2)12-14-31(25(35)36)15-13-29(6)19(20(31)17-26)8-9-22-28(5)16-18-23(33-34-24(18)32)27(3,4)21(28)10-11-30(22,29)7;;/h8-13,27-29H,14-23H2,1-7H3,(H3,39,40,41);8,20-22H,9-17H2,1-7H3,(H,35,36)(H3,32,33,34);1H4;1H/t27?,28?,29?,35-,36+,37+,38-;20?,21?,22?,28-,29+,30+,31-;;/m00../s1. The normalized spacial score (nSPS) is 42.1. The Morgan fingerprint density at radius 1 is 0.580 bits per heavy atom. The first-order chi connectivity index (χ1) is 36.8. The van der Waals surface area contributed by atoms with Crippen LogP contribution in [-0.4, -0.2) is 37.4 Å². The van der Waals surface area contributed by atoms with Crippen LogP contribution < -0.4 is 11.5 Å². The lowest BCUT2D eigenvalue weighted by molar-refractivity contribution is -0.182. The summed E-state index contributed by atoms with van der Waals surface area (Å²) >= 11 is 0. The number of ether oxygens (including phenoxy) is 1. The van der Waals surface area contributed by atoms with Crippen LogP contribution in [0.4, 0.5) is 11.6 Å². The van der Waals surface area contributed by atoms with Crippen molar-refractivity contribution in [2.24, 2.45) is 89.7 Å². The summed E-state index contributed by atoms with van der Waals surface area (Å²) in [5, 5.41) is 26.2. The van der Waals surface area contributed by atoms with Crippen LogP contribution in [0.3, 0.4) is 0 Å². The van der Waals surface area contributed by atoms with Crippen molar-refractivity contribution in [1.82, 2.24) is 20.4 Å². The van der Waals surface area contributed by atoms with E-state index in [0.29, 0.717) is 41.9 Å². The number of nitrogens with two attached hydrogens (primary N) is 2. The molecule has 11 heteroatoms. The van der Waals surface area contributed by atoms with E-state index < -0.39 is 16.8 Å². The number of carboxylic acid groups (broad SMARTS) is 1. The van der Waals surface area contributed by atoms with Gasteiger partial charge in [-0.15, -0.1) is 24.0 Å². The van der Waals surface area contributed by atoms with Crippen LogP contribution in [0.25, 0.3) is 0 Å². The molecule has 0 spiro atoms. The van der Waals surface area contributed by atoms with Gasteiger partial charge >= 0.3 is 11.9 Å². The molecule has 10 aliphatic carbocycles. The van der Waals surface area contributed by atoms with Crippen LogP contribution in [0.2, 0.25) is 0 Å². The third-order valence-electron chi connectivity index (χ3n) is 27.8. The third kappa shape index (κ3) is 8.18. The minimum Gasteiger partial charge on any atom is -0.481 e. The minimum absolute atomic E-state index is 0. The molecule has 1 aromatic carbocycles. The van der Waals surface area contributed by atoms with E-state index in [2.05, 4.69) is 142 Å². The van der Waals surface area contributed by atoms with E-state index in [1.807, 2.05) is 18.2 Å². The van der Waals surface area contributed by atoms with Crippen LogP contribution in [-0.2, 0) is 44.6 Å². The number of esters is 1. The van der Waals surface area contributed by atoms with Gasteiger partial charge in [-0.05, 0) is 200 Å². The average Bonchev–Trinajstić information content (AvgIpc) is 3.51. The number of rotatable bonds is 4. The highest BCUT2D eigenvalue weighted by Crippen LogP contribution is 2.78. The first-order valence-electron chi connectivity index (χ1n) is 31.3. The predicted molar refractivity (Wildman–Crippen MR) is 338 cm³/mol. The Labute approximate surface area is 504 Å². The first kappa shape index (κ1) is 60.5. The van der Waals surface area contributed by atoms with Gasteiger partial charge in [-0.25, -0.2) is 0 Å². The van der Waals surface area contributed by atoms with Gasteiger partial charge in [0.25, 0.3) is 0 Å². The molecule has 0 aliphatic heterocycles. The second-order valence-electron chi connectivity index (χ2n) is 32.8. The quantitative estimate of drug-likeness (QED) is 0.0975. The minimum atomic E-state index is -0.571. The van der Waals surface area contributed by atoms with Gasteiger partial charge in [0, 0.05) is 33.3 Å². The Morgan fingerprint density at radius 3 is 1.43 bits per heavy atom. The largest absolute Gasteiger partial charge is 0.481 e. The van der Waals surface area contributed by atoms with E-state index >= 15 is 0 Å². The van der Waals surface area contributed by atoms with E-state index in [-0.39, 0.29) is 103 Å². The number of H-pyrrole nitrogens is 2. The maximum atomic E-state index is 14.2. The molecule has 0 radical (unpaired) electrons. The Bertz CT molecular complexity index is 3040. The molecule has 13 rings (SSSR count). The zero-order valence-electron chi connectivity index (χ0n) is 51.6. The van der Waals surface area contributed by atoms with Crippen molar-refractivity contribution >= 4 is 47.6 Å². The van der Waals surface area contributed by atoms with Crippen molar-refractivity contribution in [3.63, 3.8) is 0 Å². The molecular weight excluding hydrogens is 1120 g/mol. The number of hydrogen-bond acceptors (Lipinski definition) is 7. The molecule has 0 bridgehead atoms. The number of carbonyl (C=O) groups excluding carboxylic acids is 1. The monoisotopic (exact) mass is 1220 g/mol. The number of hydrogen-bond donors (Lipinski definition) is 5. The van der Waals surface area contributed by atoms with Crippen molar-refractivity contribution < 1.29 is 19.4 Å². The molecule has 446 valence electrons. The summed E-state index contributed by atoms with van der Waals surface area (Å²) in [5.41, 5.74) is 22.3. The molecule has 6 fully saturated rings. The van der Waals surface area contributed by atoms with Gasteiger partial charge < -0.3 is 21.3 Å². The van der Waals surface area contributed by atoms with Gasteiger partial charge in [-0.2, -0.15) is 10.2 Å². The van der Waals surface area contributed by atoms with E-state index in [9.17, 15) is 14.7 Å². The van der Waals surface area contributed by atoms with Crippen molar-refractivity contribution in [1.29, 1.82) is 0 Å². The number of allylic oxidation sites excluding steroid dienone is 4. The number of aromatic amines is 2. The van der Waals surface area contributed by atoms with Crippen molar-refractivity contribution in [3.8, 4) is 0 Å². The van der Waals surface area contributed by atoms with Crippen molar-refractivity contribution in [3.05, 3.63) is 81.7 Å². The fraction of sp³-hybridized carbons (Fsp3) is 0.743. The molecule has 81 heavy (non-hydrogen) atoms. The number of carbonyl (C=O) groups is 2. The Balaban J connectivity index is 0.000000180. The van der Waals surface area contributed by atoms with Gasteiger partial charge in [-0.1, -0.05) is 158 Å². The van der Waals surface area contributed by atoms with E-state index in [1.54, 1.807) is 5.57 Å². The highest BCUT2D eigenvalue weighted by molar-refractivity contribution is 14.0. The molecule has 10 nitrogen and oxygen atoms in total. The predicted octanol–water partition coefficient (Wildman–Crippen LogP) is 16.7. The fourth-order valence-corrected chi connectivity index (χ4v) is 23.0. The van der Waals surface area contributed by atoms with Gasteiger partial charge in [-0.3, -0.25) is 19.8 Å². The van der Waals surface area contributed by atoms with Crippen LogP contribution in [0.5, 0.6) is 0 Å². The number of fused-ring (bicyclic) bond motifs is 16. The average molecular weight is 1220 g/mol. The zero-order chi connectivity index (χ0) is 56.7. The molecule has 3 aromatic rings. The van der Waals surface area contributed by atoms with Gasteiger partial charge in [0.05, 0.1) is 10.8 Å². The number of aliphatic carboxylic acids is 1. The van der Waals surface area contributed by atoms with E-state index in [1.165, 1.54) is 53.8 Å². The zero-order valence-corrected chi connectivity index (χ0v) is 53.9. The van der Waals surface area contributed by atoms with E-state index in [0.717, 1.165) is 95.5 Å². The topological polar surface area (TPSA) is 173 Å². The summed E-state index contributed by atoms with van der Waals surface area (Å²) in [6.07, 6.45) is 24.0. The number of nitrogens with one attached hydrogen (secondary N) is 2. The molecule has 2 aromatic heterocycles. The number of aromatic nitrogens is 4. The molecule has 0 amide bonds. The highest BCUT2D eigenvalue weighted by atomic mass is 127. The number of nitrogens with zero attached hydrogens (tertiary/aromatic N) is 2. The molecular formula is C70H105IN6O4. The lowest BCUT2D eigenvalue weighted by Crippen LogP contribution is -2.64. The lowest BCUT2D eigenvalue weighted by Gasteiger charge is -2.70. The van der Waals surface area contributed by atoms with Crippen LogP contribution in [0.1, 0.15) is 235 Å². The third-order valence-corrected chi connectivity index (χ3v) is 27.8. The molecule has 7 N–H and O–H groups in total. The second kappa shape index (κ2) is 19.2. The van der Waals surface area contributed by atoms with Gasteiger partial charge in [0.15, 0.2) is 0 Å². The summed E-state index contributed by atoms with van der Waals surface area (Å²) in [6.45, 7) is 34.9. The Hall–Kier alpha value is -3.61. The number of anilines is 2. The number of nitrogen functional groups attached to an aromatic ring is 2. The Morgan fingerprint density at radius 2 is 0.988 bits per heavy atom. The summed E-state index contributed by atoms with van der Waals surface area (Å²) in [5.74, 6) is 3.53. The van der Waals surface area contributed by atoms with Crippen LogP contribution in [0.15, 0.2) is 53.6 Å². The molecule has 6 saturated carbocycles. The summed E-state index contributed by atoms with van der Waals surface area (Å²) in [4.78, 5) is 27.1.